The van der Waals surface area contributed by atoms with Crippen LogP contribution in [0.25, 0.3) is 16.6 Å². The summed E-state index contributed by atoms with van der Waals surface area (Å²) >= 11 is 0. The summed E-state index contributed by atoms with van der Waals surface area (Å²) in [4.78, 5) is 16.8. The third-order valence-electron chi connectivity index (χ3n) is 5.98. The van der Waals surface area contributed by atoms with Gasteiger partial charge in [0.1, 0.15) is 0 Å². The van der Waals surface area contributed by atoms with E-state index in [2.05, 4.69) is 26.4 Å². The topological polar surface area (TPSA) is 71.8 Å². The van der Waals surface area contributed by atoms with Gasteiger partial charge in [0, 0.05) is 40.5 Å². The van der Waals surface area contributed by atoms with Gasteiger partial charge in [0.25, 0.3) is 0 Å². The highest BCUT2D eigenvalue weighted by Crippen LogP contribution is 2.45. The van der Waals surface area contributed by atoms with Crippen LogP contribution in [0, 0.1) is 0 Å². The maximum atomic E-state index is 12.5. The molecular weight excluding hydrogens is 386 g/mol. The number of amides is 2. The smallest absolute Gasteiger partial charge is 0.308 e. The molecule has 2 aromatic carbocycles. The van der Waals surface area contributed by atoms with Crippen LogP contribution in [0.4, 0.5) is 16.2 Å². The lowest BCUT2D eigenvalue weighted by Gasteiger charge is -2.10. The summed E-state index contributed by atoms with van der Waals surface area (Å²) in [7, 11) is 0. The molecular formula is C25H23N5O. The zero-order valence-corrected chi connectivity index (χ0v) is 17.1. The quantitative estimate of drug-likeness (QED) is 0.436. The summed E-state index contributed by atoms with van der Waals surface area (Å²) in [6.07, 6.45) is 6.77. The number of hydrogen-bond donors (Lipinski definition) is 2. The number of hydrogen-bond acceptors (Lipinski definition) is 3. The molecule has 0 unspecified atom stereocenters. The van der Waals surface area contributed by atoms with Crippen molar-refractivity contribution in [2.45, 2.75) is 37.5 Å². The Balaban J connectivity index is 1.16. The van der Waals surface area contributed by atoms with Crippen LogP contribution in [0.3, 0.4) is 0 Å². The van der Waals surface area contributed by atoms with E-state index < -0.39 is 0 Å². The van der Waals surface area contributed by atoms with E-state index in [1.165, 1.54) is 37.1 Å². The maximum absolute atomic E-state index is 12.5. The Morgan fingerprint density at radius 2 is 1.61 bits per heavy atom. The Labute approximate surface area is 180 Å². The number of anilines is 2. The number of nitrogens with one attached hydrogen (secondary N) is 2. The number of aromatic nitrogens is 3. The first-order chi connectivity index (χ1) is 15.2. The van der Waals surface area contributed by atoms with Crippen molar-refractivity contribution in [1.82, 2.24) is 14.8 Å². The van der Waals surface area contributed by atoms with Gasteiger partial charge in [-0.25, -0.2) is 9.48 Å². The Kier molecular flexibility index (Phi) is 4.23. The zero-order valence-electron chi connectivity index (χ0n) is 17.1. The lowest BCUT2D eigenvalue weighted by molar-refractivity contribution is 0.262. The minimum atomic E-state index is -0.273. The Bertz CT molecular complexity index is 1270. The van der Waals surface area contributed by atoms with Gasteiger partial charge in [0.2, 0.25) is 0 Å². The average molecular weight is 409 g/mol. The number of benzene rings is 2. The van der Waals surface area contributed by atoms with Gasteiger partial charge in [-0.15, -0.1) is 0 Å². The summed E-state index contributed by atoms with van der Waals surface area (Å²) < 4.78 is 2.10. The number of rotatable bonds is 5. The van der Waals surface area contributed by atoms with E-state index in [1.54, 1.807) is 6.20 Å². The number of pyridine rings is 1. The summed E-state index contributed by atoms with van der Waals surface area (Å²) in [5.74, 6) is 1.29. The largest absolute Gasteiger partial charge is 0.323 e. The Morgan fingerprint density at radius 1 is 0.871 bits per heavy atom. The summed E-state index contributed by atoms with van der Waals surface area (Å²) in [5, 5.41) is 11.7. The maximum Gasteiger partial charge on any atom is 0.323 e. The average Bonchev–Trinajstić information content (AvgIpc) is 3.73. The van der Waals surface area contributed by atoms with Crippen LogP contribution in [0.15, 0.2) is 66.9 Å². The molecule has 2 aliphatic rings. The van der Waals surface area contributed by atoms with Crippen LogP contribution < -0.4 is 10.6 Å². The van der Waals surface area contributed by atoms with Gasteiger partial charge in [-0.1, -0.05) is 6.07 Å². The monoisotopic (exact) mass is 409 g/mol. The van der Waals surface area contributed by atoms with E-state index in [1.807, 2.05) is 54.6 Å². The van der Waals surface area contributed by atoms with E-state index in [9.17, 15) is 4.79 Å². The van der Waals surface area contributed by atoms with Crippen molar-refractivity contribution < 1.29 is 4.79 Å². The molecule has 6 heteroatoms. The molecule has 2 saturated carbocycles. The highest BCUT2D eigenvalue weighted by atomic mass is 16.2. The molecule has 2 fully saturated rings. The van der Waals surface area contributed by atoms with Crippen molar-refractivity contribution >= 4 is 28.3 Å². The predicted octanol–water partition coefficient (Wildman–Crippen LogP) is 5.82. The number of nitrogens with zero attached hydrogens (tertiary/aromatic N) is 3. The third-order valence-corrected chi connectivity index (χ3v) is 5.98. The van der Waals surface area contributed by atoms with Gasteiger partial charge >= 0.3 is 6.03 Å². The molecule has 0 bridgehead atoms. The van der Waals surface area contributed by atoms with E-state index in [-0.39, 0.29) is 6.03 Å². The van der Waals surface area contributed by atoms with E-state index in [0.29, 0.717) is 11.8 Å². The van der Waals surface area contributed by atoms with Crippen molar-refractivity contribution in [3.8, 4) is 5.69 Å². The summed E-state index contributed by atoms with van der Waals surface area (Å²) in [6.45, 7) is 0. The molecule has 2 aliphatic carbocycles. The molecule has 31 heavy (non-hydrogen) atoms. The van der Waals surface area contributed by atoms with Crippen LogP contribution in [0.2, 0.25) is 0 Å². The second-order valence-corrected chi connectivity index (χ2v) is 8.49. The number of urea groups is 1. The lowest BCUT2D eigenvalue weighted by atomic mass is 10.2. The normalized spacial score (nSPS) is 15.7. The SMILES string of the molecule is O=C(Nc1ccc(-n2nc(C3CC3)cc2C2CC2)cc1)Nc1ccc2ncccc2c1. The standard InChI is InChI=1S/C25H23N5O/c31-25(28-20-9-12-22-18(14-20)2-1-13-26-22)27-19-7-10-21(11-8-19)30-24(17-5-6-17)15-23(29-30)16-3-4-16/h1-2,7-17H,3-6H2,(H2,27,28,31). The molecule has 4 aromatic rings. The Morgan fingerprint density at radius 3 is 2.39 bits per heavy atom. The van der Waals surface area contributed by atoms with Gasteiger partial charge in [-0.05, 0) is 80.3 Å². The molecule has 0 spiro atoms. The molecule has 2 heterocycles. The highest BCUT2D eigenvalue weighted by molar-refractivity contribution is 6.01. The van der Waals surface area contributed by atoms with Crippen LogP contribution in [0.5, 0.6) is 0 Å². The van der Waals surface area contributed by atoms with Gasteiger partial charge in [0.15, 0.2) is 0 Å². The van der Waals surface area contributed by atoms with Crippen LogP contribution in [-0.4, -0.2) is 20.8 Å². The molecule has 2 amide bonds. The van der Waals surface area contributed by atoms with E-state index in [0.717, 1.165) is 28.0 Å². The number of carbonyl (C=O) groups excluding carboxylic acids is 1. The van der Waals surface area contributed by atoms with Crippen molar-refractivity contribution in [2.24, 2.45) is 0 Å². The summed E-state index contributed by atoms with van der Waals surface area (Å²) in [6, 6.07) is 19.4. The van der Waals surface area contributed by atoms with Crippen molar-refractivity contribution in [3.63, 3.8) is 0 Å². The van der Waals surface area contributed by atoms with Gasteiger partial charge in [-0.3, -0.25) is 4.98 Å². The van der Waals surface area contributed by atoms with Gasteiger partial charge in [0.05, 0.1) is 16.9 Å². The third kappa shape index (κ3) is 3.77. The minimum Gasteiger partial charge on any atom is -0.308 e. The summed E-state index contributed by atoms with van der Waals surface area (Å²) in [5.41, 5.74) is 5.97. The molecule has 0 saturated heterocycles. The molecule has 6 nitrogen and oxygen atoms in total. The second kappa shape index (κ2) is 7.23. The minimum absolute atomic E-state index is 0.273. The fraction of sp³-hybridized carbons (Fsp3) is 0.240. The first-order valence-corrected chi connectivity index (χ1v) is 10.9. The highest BCUT2D eigenvalue weighted by Gasteiger charge is 2.32. The van der Waals surface area contributed by atoms with Crippen molar-refractivity contribution in [2.75, 3.05) is 10.6 Å². The van der Waals surface area contributed by atoms with Crippen molar-refractivity contribution in [1.29, 1.82) is 0 Å². The second-order valence-electron chi connectivity index (χ2n) is 8.49. The first kappa shape index (κ1) is 18.1. The number of carbonyl (C=O) groups is 1. The molecule has 2 aromatic heterocycles. The Hall–Kier alpha value is -3.67. The fourth-order valence-corrected chi connectivity index (χ4v) is 4.00. The molecule has 0 atom stereocenters. The molecule has 0 aliphatic heterocycles. The molecule has 2 N–H and O–H groups in total. The molecule has 6 rings (SSSR count). The zero-order chi connectivity index (χ0) is 20.8. The number of fused-ring (bicyclic) bond motifs is 1. The van der Waals surface area contributed by atoms with E-state index >= 15 is 0 Å². The van der Waals surface area contributed by atoms with Gasteiger partial charge in [-0.2, -0.15) is 5.10 Å². The first-order valence-electron chi connectivity index (χ1n) is 10.9. The van der Waals surface area contributed by atoms with E-state index in [4.69, 9.17) is 5.10 Å². The molecule has 154 valence electrons. The van der Waals surface area contributed by atoms with Gasteiger partial charge < -0.3 is 10.6 Å². The van der Waals surface area contributed by atoms with Crippen LogP contribution in [0.1, 0.15) is 48.9 Å². The predicted molar refractivity (Wildman–Crippen MR) is 122 cm³/mol. The van der Waals surface area contributed by atoms with Crippen molar-refractivity contribution in [3.05, 3.63) is 78.2 Å². The lowest BCUT2D eigenvalue weighted by Crippen LogP contribution is -2.19. The van der Waals surface area contributed by atoms with Crippen LogP contribution >= 0.6 is 0 Å². The fourth-order valence-electron chi connectivity index (χ4n) is 4.00. The molecule has 0 radical (unpaired) electrons. The van der Waals surface area contributed by atoms with Crippen LogP contribution in [-0.2, 0) is 0 Å².